The molecule has 5 heteroatoms. The number of nitrogens with one attached hydrogen (secondary N) is 1. The van der Waals surface area contributed by atoms with Gasteiger partial charge < -0.3 is 5.32 Å². The van der Waals surface area contributed by atoms with Crippen LogP contribution in [-0.4, -0.2) is 22.5 Å². The summed E-state index contributed by atoms with van der Waals surface area (Å²) in [6.45, 7) is 6.46. The zero-order valence-corrected chi connectivity index (χ0v) is 13.3. The van der Waals surface area contributed by atoms with Crippen LogP contribution < -0.4 is 5.32 Å². The van der Waals surface area contributed by atoms with Gasteiger partial charge in [-0.15, -0.1) is 0 Å². The van der Waals surface area contributed by atoms with E-state index in [1.807, 2.05) is 17.8 Å². The lowest BCUT2D eigenvalue weighted by Gasteiger charge is -2.23. The molecule has 4 nitrogen and oxygen atoms in total. The molecule has 0 bridgehead atoms. The van der Waals surface area contributed by atoms with Crippen LogP contribution in [0.2, 0.25) is 0 Å². The predicted molar refractivity (Wildman–Crippen MR) is 86.3 cm³/mol. The van der Waals surface area contributed by atoms with Gasteiger partial charge in [-0.25, -0.2) is 0 Å². The second kappa shape index (κ2) is 8.97. The average molecular weight is 296 g/mol. The van der Waals surface area contributed by atoms with Crippen LogP contribution in [0, 0.1) is 10.1 Å². The van der Waals surface area contributed by atoms with Crippen LogP contribution in [-0.2, 0) is 0 Å². The van der Waals surface area contributed by atoms with Crippen LogP contribution in [0.3, 0.4) is 0 Å². The van der Waals surface area contributed by atoms with E-state index in [-0.39, 0.29) is 16.7 Å². The molecule has 2 atom stereocenters. The fourth-order valence-corrected chi connectivity index (χ4v) is 2.86. The van der Waals surface area contributed by atoms with E-state index in [9.17, 15) is 10.1 Å². The molecule has 0 saturated carbocycles. The molecule has 112 valence electrons. The Hall–Kier alpha value is -1.07. The Bertz CT molecular complexity index is 426. The first-order valence-electron chi connectivity index (χ1n) is 7.16. The highest BCUT2D eigenvalue weighted by atomic mass is 32.2. The zero-order chi connectivity index (χ0) is 15.0. The molecule has 0 spiro atoms. The molecule has 1 aromatic carbocycles. The van der Waals surface area contributed by atoms with Crippen LogP contribution >= 0.6 is 11.8 Å². The molecule has 0 radical (unpaired) electrons. The molecule has 0 heterocycles. The van der Waals surface area contributed by atoms with Crippen LogP contribution in [0.4, 0.5) is 5.69 Å². The smallest absolute Gasteiger partial charge is 0.269 e. The number of nitro groups is 1. The van der Waals surface area contributed by atoms with E-state index >= 15 is 0 Å². The molecule has 0 aliphatic heterocycles. The number of non-ortho nitro benzene ring substituents is 1. The summed E-state index contributed by atoms with van der Waals surface area (Å²) in [5, 5.41) is 14.5. The van der Waals surface area contributed by atoms with Gasteiger partial charge in [0.2, 0.25) is 0 Å². The summed E-state index contributed by atoms with van der Waals surface area (Å²) >= 11 is 1.91. The van der Waals surface area contributed by atoms with Crippen LogP contribution in [0.25, 0.3) is 0 Å². The maximum Gasteiger partial charge on any atom is 0.269 e. The topological polar surface area (TPSA) is 55.2 Å². The number of rotatable bonds is 9. The first-order valence-corrected chi connectivity index (χ1v) is 8.32. The predicted octanol–water partition coefficient (Wildman–Crippen LogP) is 4.17. The Labute approximate surface area is 125 Å². The minimum Gasteiger partial charge on any atom is -0.307 e. The molecule has 1 aromatic rings. The lowest BCUT2D eigenvalue weighted by molar-refractivity contribution is -0.384. The summed E-state index contributed by atoms with van der Waals surface area (Å²) in [5.41, 5.74) is 1.18. The van der Waals surface area contributed by atoms with E-state index in [0.29, 0.717) is 6.04 Å². The number of hydrogen-bond acceptors (Lipinski definition) is 4. The fourth-order valence-electron chi connectivity index (χ4n) is 2.18. The van der Waals surface area contributed by atoms with E-state index in [1.165, 1.54) is 0 Å². The molecule has 0 aromatic heterocycles. The van der Waals surface area contributed by atoms with Crippen molar-refractivity contribution in [2.75, 3.05) is 11.5 Å². The third-order valence-corrected chi connectivity index (χ3v) is 4.26. The molecular weight excluding hydrogens is 272 g/mol. The number of thioether (sulfide) groups is 1. The number of hydrogen-bond donors (Lipinski definition) is 1. The van der Waals surface area contributed by atoms with Crippen molar-refractivity contribution in [3.8, 4) is 0 Å². The third kappa shape index (κ3) is 5.51. The van der Waals surface area contributed by atoms with Gasteiger partial charge in [0.05, 0.1) is 4.92 Å². The van der Waals surface area contributed by atoms with Gasteiger partial charge in [0.15, 0.2) is 0 Å². The highest BCUT2D eigenvalue weighted by Crippen LogP contribution is 2.23. The normalized spacial score (nSPS) is 13.9. The molecule has 20 heavy (non-hydrogen) atoms. The van der Waals surface area contributed by atoms with Crippen molar-refractivity contribution < 1.29 is 4.92 Å². The largest absolute Gasteiger partial charge is 0.307 e. The van der Waals surface area contributed by atoms with Crippen molar-refractivity contribution in [2.24, 2.45) is 0 Å². The standard InChI is InChI=1S/C15H24N2O2S/c1-4-7-15(16-12(3)11-20-5-2)13-8-6-9-14(10-13)17(18)19/h6,8-10,12,15-16H,4-5,7,11H2,1-3H3. The van der Waals surface area contributed by atoms with Gasteiger partial charge in [0.1, 0.15) is 0 Å². The molecule has 0 aliphatic rings. The Morgan fingerprint density at radius 2 is 2.15 bits per heavy atom. The van der Waals surface area contributed by atoms with Crippen LogP contribution in [0.5, 0.6) is 0 Å². The molecule has 0 fully saturated rings. The van der Waals surface area contributed by atoms with E-state index in [1.54, 1.807) is 18.2 Å². The first-order chi connectivity index (χ1) is 9.58. The minimum atomic E-state index is -0.330. The van der Waals surface area contributed by atoms with Crippen molar-refractivity contribution in [3.63, 3.8) is 0 Å². The zero-order valence-electron chi connectivity index (χ0n) is 12.5. The number of nitrogens with zero attached hydrogens (tertiary/aromatic N) is 1. The molecule has 1 N–H and O–H groups in total. The monoisotopic (exact) mass is 296 g/mol. The van der Waals surface area contributed by atoms with E-state index in [0.717, 1.165) is 29.9 Å². The van der Waals surface area contributed by atoms with Gasteiger partial charge in [-0.05, 0) is 24.7 Å². The maximum absolute atomic E-state index is 10.9. The fraction of sp³-hybridized carbons (Fsp3) is 0.600. The van der Waals surface area contributed by atoms with Crippen molar-refractivity contribution in [2.45, 2.75) is 45.7 Å². The third-order valence-electron chi connectivity index (χ3n) is 3.12. The maximum atomic E-state index is 10.9. The van der Waals surface area contributed by atoms with Gasteiger partial charge in [0.25, 0.3) is 5.69 Å². The van der Waals surface area contributed by atoms with Crippen molar-refractivity contribution in [3.05, 3.63) is 39.9 Å². The van der Waals surface area contributed by atoms with Crippen LogP contribution in [0.1, 0.15) is 45.2 Å². The summed E-state index contributed by atoms with van der Waals surface area (Å²) in [4.78, 5) is 10.5. The molecular formula is C15H24N2O2S. The highest BCUT2D eigenvalue weighted by molar-refractivity contribution is 7.99. The summed E-state index contributed by atoms with van der Waals surface area (Å²) in [6.07, 6.45) is 2.04. The second-order valence-corrected chi connectivity index (χ2v) is 6.24. The SMILES string of the molecule is CCCC(NC(C)CSCC)c1cccc([N+](=O)[O-])c1. The first kappa shape index (κ1) is 17.0. The van der Waals surface area contributed by atoms with Crippen molar-refractivity contribution in [1.29, 1.82) is 0 Å². The van der Waals surface area contributed by atoms with Gasteiger partial charge >= 0.3 is 0 Å². The highest BCUT2D eigenvalue weighted by Gasteiger charge is 2.16. The molecule has 0 aliphatic carbocycles. The lowest BCUT2D eigenvalue weighted by atomic mass is 10.0. The number of benzene rings is 1. The van der Waals surface area contributed by atoms with Gasteiger partial charge in [0, 0.05) is 30.0 Å². The summed E-state index contributed by atoms with van der Waals surface area (Å²) in [6, 6.07) is 7.56. The lowest BCUT2D eigenvalue weighted by Crippen LogP contribution is -2.32. The van der Waals surface area contributed by atoms with Crippen molar-refractivity contribution >= 4 is 17.4 Å². The van der Waals surface area contributed by atoms with E-state index in [2.05, 4.69) is 26.1 Å². The Balaban J connectivity index is 2.79. The molecule has 1 rings (SSSR count). The van der Waals surface area contributed by atoms with E-state index < -0.39 is 0 Å². The number of nitro benzene ring substituents is 1. The van der Waals surface area contributed by atoms with Gasteiger partial charge in [-0.3, -0.25) is 10.1 Å². The Kier molecular flexibility index (Phi) is 7.62. The van der Waals surface area contributed by atoms with E-state index in [4.69, 9.17) is 0 Å². The molecule has 0 saturated heterocycles. The molecule has 0 amide bonds. The van der Waals surface area contributed by atoms with Crippen molar-refractivity contribution in [1.82, 2.24) is 5.32 Å². The van der Waals surface area contributed by atoms with Gasteiger partial charge in [-0.2, -0.15) is 11.8 Å². The second-order valence-electron chi connectivity index (χ2n) is 4.92. The summed E-state index contributed by atoms with van der Waals surface area (Å²) in [7, 11) is 0. The summed E-state index contributed by atoms with van der Waals surface area (Å²) < 4.78 is 0. The summed E-state index contributed by atoms with van der Waals surface area (Å²) in [5.74, 6) is 2.17. The minimum absolute atomic E-state index is 0.168. The van der Waals surface area contributed by atoms with Gasteiger partial charge in [-0.1, -0.05) is 32.4 Å². The molecule has 2 unspecified atom stereocenters. The Morgan fingerprint density at radius 3 is 2.75 bits per heavy atom. The Morgan fingerprint density at radius 1 is 1.40 bits per heavy atom. The van der Waals surface area contributed by atoms with Crippen LogP contribution in [0.15, 0.2) is 24.3 Å². The quantitative estimate of drug-likeness (QED) is 0.549. The average Bonchev–Trinajstić information content (AvgIpc) is 2.44.